The molecule has 0 saturated carbocycles. The van der Waals surface area contributed by atoms with Crippen molar-refractivity contribution >= 4 is 0 Å². The zero-order chi connectivity index (χ0) is 22.5. The van der Waals surface area contributed by atoms with Crippen molar-refractivity contribution in [2.24, 2.45) is 0 Å². The van der Waals surface area contributed by atoms with Crippen LogP contribution in [-0.2, 0) is 0 Å². The molecule has 0 bridgehead atoms. The van der Waals surface area contributed by atoms with Crippen molar-refractivity contribution in [2.45, 2.75) is 0 Å². The molecule has 3 aromatic carbocycles. The number of imidazole rings is 1. The van der Waals surface area contributed by atoms with Gasteiger partial charge in [0.05, 0.1) is 11.4 Å². The molecule has 0 aliphatic heterocycles. The summed E-state index contributed by atoms with van der Waals surface area (Å²) in [6.07, 6.45) is 3.42. The Labute approximate surface area is 185 Å². The van der Waals surface area contributed by atoms with Gasteiger partial charge in [-0.2, -0.15) is 0 Å². The molecule has 164 valence electrons. The van der Waals surface area contributed by atoms with E-state index < -0.39 is 5.82 Å². The Balaban J connectivity index is 1.48. The fourth-order valence-corrected chi connectivity index (χ4v) is 3.15. The van der Waals surface area contributed by atoms with E-state index in [9.17, 15) is 9.18 Å². The smallest absolute Gasteiger partial charge is 0.337 e. The van der Waals surface area contributed by atoms with Crippen molar-refractivity contribution < 1.29 is 13.9 Å². The number of rotatable bonds is 8. The first-order valence-corrected chi connectivity index (χ1v) is 10.2. The van der Waals surface area contributed by atoms with Crippen molar-refractivity contribution in [3.8, 4) is 28.6 Å². The quantitative estimate of drug-likeness (QED) is 0.411. The van der Waals surface area contributed by atoms with Gasteiger partial charge in [-0.25, -0.2) is 9.18 Å². The molecule has 0 amide bonds. The van der Waals surface area contributed by atoms with Crippen molar-refractivity contribution in [1.82, 2.24) is 14.0 Å². The average molecular weight is 433 g/mol. The number of benzene rings is 3. The van der Waals surface area contributed by atoms with Crippen LogP contribution in [0.2, 0.25) is 0 Å². The van der Waals surface area contributed by atoms with Gasteiger partial charge in [-0.3, -0.25) is 9.13 Å². The van der Waals surface area contributed by atoms with Gasteiger partial charge in [0.2, 0.25) is 0 Å². The third-order valence-electron chi connectivity index (χ3n) is 4.88. The van der Waals surface area contributed by atoms with Crippen LogP contribution in [0.4, 0.5) is 4.39 Å². The van der Waals surface area contributed by atoms with Crippen molar-refractivity contribution in [3.05, 3.63) is 101 Å². The maximum Gasteiger partial charge on any atom is 0.337 e. The molecule has 0 spiro atoms. The zero-order valence-electron chi connectivity index (χ0n) is 17.9. The number of aromatic nitrogens is 2. The molecule has 0 N–H and O–H groups in total. The molecule has 0 aliphatic carbocycles. The topological polar surface area (TPSA) is 48.6 Å². The van der Waals surface area contributed by atoms with E-state index in [4.69, 9.17) is 9.47 Å². The lowest BCUT2D eigenvalue weighted by Gasteiger charge is -2.11. The van der Waals surface area contributed by atoms with Gasteiger partial charge in [0.1, 0.15) is 18.1 Å². The first-order valence-electron chi connectivity index (χ1n) is 10.2. The van der Waals surface area contributed by atoms with Gasteiger partial charge in [-0.15, -0.1) is 0 Å². The van der Waals surface area contributed by atoms with Crippen LogP contribution in [0.3, 0.4) is 0 Å². The molecule has 4 rings (SSSR count). The molecule has 1 aromatic heterocycles. The van der Waals surface area contributed by atoms with Gasteiger partial charge < -0.3 is 14.4 Å². The first kappa shape index (κ1) is 21.4. The second-order valence-corrected chi connectivity index (χ2v) is 7.49. The Bertz CT molecular complexity index is 1230. The minimum absolute atomic E-state index is 0.151. The Morgan fingerprint density at radius 3 is 1.94 bits per heavy atom. The zero-order valence-corrected chi connectivity index (χ0v) is 17.9. The third-order valence-corrected chi connectivity index (χ3v) is 4.88. The fourth-order valence-electron chi connectivity index (χ4n) is 3.15. The molecular formula is C25H24FN3O3. The molecule has 0 unspecified atom stereocenters. The summed E-state index contributed by atoms with van der Waals surface area (Å²) in [6.45, 7) is 1.42. The van der Waals surface area contributed by atoms with Crippen molar-refractivity contribution in [1.29, 1.82) is 0 Å². The van der Waals surface area contributed by atoms with Crippen LogP contribution in [0.5, 0.6) is 17.2 Å². The number of hydrogen-bond donors (Lipinski definition) is 0. The standard InChI is InChI=1S/C25H24FN3O3/c1-27(2)17-18-31-21-11-7-19(8-12-21)28-15-16-29(25(28)30)20-9-13-22(14-10-20)32-24-6-4-3-5-23(24)26/h3-16H,17-18H2,1-2H3. The lowest BCUT2D eigenvalue weighted by molar-refractivity contribution is 0.261. The summed E-state index contributed by atoms with van der Waals surface area (Å²) in [5.74, 6) is 0.960. The van der Waals surface area contributed by atoms with Crippen LogP contribution in [0, 0.1) is 5.82 Å². The number of para-hydroxylation sites is 1. The van der Waals surface area contributed by atoms with Crippen LogP contribution >= 0.6 is 0 Å². The maximum absolute atomic E-state index is 13.8. The summed E-state index contributed by atoms with van der Waals surface area (Å²) in [5, 5.41) is 0. The van der Waals surface area contributed by atoms with E-state index in [0.29, 0.717) is 18.0 Å². The number of hydrogen-bond acceptors (Lipinski definition) is 4. The largest absolute Gasteiger partial charge is 0.492 e. The fraction of sp³-hybridized carbons (Fsp3) is 0.160. The summed E-state index contributed by atoms with van der Waals surface area (Å²) < 4.78 is 28.1. The SMILES string of the molecule is CN(C)CCOc1ccc(-n2ccn(-c3ccc(Oc4ccccc4F)cc3)c2=O)cc1. The molecule has 7 heteroatoms. The highest BCUT2D eigenvalue weighted by molar-refractivity contribution is 5.42. The van der Waals surface area contributed by atoms with Gasteiger partial charge in [0.25, 0.3) is 0 Å². The van der Waals surface area contributed by atoms with E-state index in [0.717, 1.165) is 18.0 Å². The lowest BCUT2D eigenvalue weighted by atomic mass is 10.3. The third kappa shape index (κ3) is 4.90. The minimum Gasteiger partial charge on any atom is -0.492 e. The Kier molecular flexibility index (Phi) is 6.37. The van der Waals surface area contributed by atoms with Crippen molar-refractivity contribution in [3.63, 3.8) is 0 Å². The molecule has 0 radical (unpaired) electrons. The summed E-state index contributed by atoms with van der Waals surface area (Å²) in [5.41, 5.74) is 1.22. The molecule has 32 heavy (non-hydrogen) atoms. The Hall–Kier alpha value is -3.84. The molecule has 4 aromatic rings. The maximum atomic E-state index is 13.8. The Morgan fingerprint density at radius 2 is 1.38 bits per heavy atom. The van der Waals surface area contributed by atoms with E-state index in [1.807, 2.05) is 38.4 Å². The predicted molar refractivity (Wildman–Crippen MR) is 122 cm³/mol. The molecule has 1 heterocycles. The Morgan fingerprint density at radius 1 is 0.812 bits per heavy atom. The second-order valence-electron chi connectivity index (χ2n) is 7.49. The van der Waals surface area contributed by atoms with Gasteiger partial charge >= 0.3 is 5.69 Å². The van der Waals surface area contributed by atoms with E-state index >= 15 is 0 Å². The van der Waals surface area contributed by atoms with Crippen LogP contribution in [0.15, 0.2) is 90.0 Å². The number of ether oxygens (including phenoxy) is 2. The molecule has 0 aliphatic rings. The highest BCUT2D eigenvalue weighted by Gasteiger charge is 2.09. The van der Waals surface area contributed by atoms with Crippen LogP contribution in [-0.4, -0.2) is 41.3 Å². The average Bonchev–Trinajstić information content (AvgIpc) is 3.17. The molecule has 6 nitrogen and oxygen atoms in total. The predicted octanol–water partition coefficient (Wildman–Crippen LogP) is 4.50. The monoisotopic (exact) mass is 433 g/mol. The highest BCUT2D eigenvalue weighted by atomic mass is 19.1. The van der Waals surface area contributed by atoms with Crippen LogP contribution in [0.25, 0.3) is 11.4 Å². The van der Waals surface area contributed by atoms with Gasteiger partial charge in [-0.05, 0) is 74.8 Å². The molecule has 0 saturated heterocycles. The minimum atomic E-state index is -0.431. The van der Waals surface area contributed by atoms with E-state index in [-0.39, 0.29) is 11.4 Å². The summed E-state index contributed by atoms with van der Waals surface area (Å²) in [7, 11) is 3.99. The van der Waals surface area contributed by atoms with Gasteiger partial charge in [-0.1, -0.05) is 12.1 Å². The lowest BCUT2D eigenvalue weighted by Crippen LogP contribution is -2.21. The van der Waals surface area contributed by atoms with E-state index in [1.165, 1.54) is 10.6 Å². The summed E-state index contributed by atoms with van der Waals surface area (Å²) >= 11 is 0. The molecule has 0 fully saturated rings. The summed E-state index contributed by atoms with van der Waals surface area (Å²) in [4.78, 5) is 15.0. The normalized spacial score (nSPS) is 11.0. The number of nitrogens with zero attached hydrogens (tertiary/aromatic N) is 3. The van der Waals surface area contributed by atoms with E-state index in [2.05, 4.69) is 4.90 Å². The van der Waals surface area contributed by atoms with Crippen LogP contribution < -0.4 is 15.2 Å². The second kappa shape index (κ2) is 9.53. The van der Waals surface area contributed by atoms with Crippen LogP contribution in [0.1, 0.15) is 0 Å². The van der Waals surface area contributed by atoms with E-state index in [1.54, 1.807) is 59.4 Å². The molecular weight excluding hydrogens is 409 g/mol. The molecule has 0 atom stereocenters. The van der Waals surface area contributed by atoms with Crippen molar-refractivity contribution in [2.75, 3.05) is 27.2 Å². The first-order chi connectivity index (χ1) is 15.5. The van der Waals surface area contributed by atoms with Gasteiger partial charge in [0, 0.05) is 18.9 Å². The van der Waals surface area contributed by atoms with Gasteiger partial charge in [0.15, 0.2) is 11.6 Å². The highest BCUT2D eigenvalue weighted by Crippen LogP contribution is 2.25. The summed E-state index contributed by atoms with van der Waals surface area (Å²) in [6, 6.07) is 20.5. The number of likely N-dealkylation sites (N-methyl/N-ethyl adjacent to an activating group) is 1. The number of halogens is 1.